The van der Waals surface area contributed by atoms with Crippen LogP contribution in [0.1, 0.15) is 5.56 Å². The molecule has 0 saturated carbocycles. The average molecular weight is 294 g/mol. The molecule has 1 aromatic heterocycles. The Kier molecular flexibility index (Phi) is 4.59. The predicted molar refractivity (Wildman–Crippen MR) is 76.8 cm³/mol. The van der Waals surface area contributed by atoms with Crippen molar-refractivity contribution in [3.05, 3.63) is 54.4 Å². The molecule has 0 aliphatic heterocycles. The van der Waals surface area contributed by atoms with Gasteiger partial charge in [-0.1, -0.05) is 30.3 Å². The topological polar surface area (TPSA) is 71.3 Å². The van der Waals surface area contributed by atoms with Crippen LogP contribution in [0.4, 0.5) is 0 Å². The number of nitrogens with zero attached hydrogens (tertiary/aromatic N) is 1. The fourth-order valence-corrected chi connectivity index (χ4v) is 3.24. The molecule has 1 atom stereocenters. The van der Waals surface area contributed by atoms with Gasteiger partial charge in [0.25, 0.3) is 0 Å². The third-order valence-electron chi connectivity index (χ3n) is 2.98. The van der Waals surface area contributed by atoms with Crippen LogP contribution in [0.2, 0.25) is 0 Å². The van der Waals surface area contributed by atoms with Crippen LogP contribution < -0.4 is 4.72 Å². The minimum atomic E-state index is -3.60. The molecule has 0 radical (unpaired) electrons. The molecule has 2 N–H and O–H groups in total. The number of nitrogens with one attached hydrogen (secondary N) is 1. The van der Waals surface area contributed by atoms with E-state index in [0.717, 1.165) is 5.56 Å². The summed E-state index contributed by atoms with van der Waals surface area (Å²) < 4.78 is 28.5. The number of aryl methyl sites for hydroxylation is 1. The molecule has 6 heteroatoms. The lowest BCUT2D eigenvalue weighted by molar-refractivity contribution is 0.256. The number of aromatic nitrogens is 1. The van der Waals surface area contributed by atoms with E-state index in [0.29, 0.717) is 6.42 Å². The van der Waals surface area contributed by atoms with Crippen molar-refractivity contribution in [3.8, 4) is 0 Å². The van der Waals surface area contributed by atoms with Crippen LogP contribution in [-0.4, -0.2) is 30.7 Å². The molecule has 0 amide bonds. The van der Waals surface area contributed by atoms with E-state index in [1.165, 1.54) is 12.3 Å². The Bertz CT molecular complexity index is 650. The zero-order valence-corrected chi connectivity index (χ0v) is 12.0. The normalized spacial score (nSPS) is 13.3. The van der Waals surface area contributed by atoms with Crippen molar-refractivity contribution in [3.63, 3.8) is 0 Å². The largest absolute Gasteiger partial charge is 0.395 e. The molecule has 2 aromatic rings. The third kappa shape index (κ3) is 3.69. The SMILES string of the molecule is Cn1ccc(S(=O)(=O)NC(CO)Cc2ccccc2)c1. The number of hydrogen-bond acceptors (Lipinski definition) is 3. The van der Waals surface area contributed by atoms with Crippen LogP contribution in [0.5, 0.6) is 0 Å². The standard InChI is InChI=1S/C14H18N2O3S/c1-16-8-7-14(10-16)20(18,19)15-13(11-17)9-12-5-3-2-4-6-12/h2-8,10,13,15,17H,9,11H2,1H3. The molecule has 0 spiro atoms. The van der Waals surface area contributed by atoms with Gasteiger partial charge in [-0.15, -0.1) is 0 Å². The first-order valence-electron chi connectivity index (χ1n) is 6.30. The maximum Gasteiger partial charge on any atom is 0.242 e. The van der Waals surface area contributed by atoms with Gasteiger partial charge in [0.2, 0.25) is 10.0 Å². The summed E-state index contributed by atoms with van der Waals surface area (Å²) in [6.45, 7) is -0.249. The lowest BCUT2D eigenvalue weighted by Gasteiger charge is -2.16. The molecular formula is C14H18N2O3S. The molecular weight excluding hydrogens is 276 g/mol. The fourth-order valence-electron chi connectivity index (χ4n) is 1.97. The summed E-state index contributed by atoms with van der Waals surface area (Å²) in [7, 11) is -1.85. The van der Waals surface area contributed by atoms with Gasteiger partial charge in [0.1, 0.15) is 0 Å². The molecule has 0 fully saturated rings. The summed E-state index contributed by atoms with van der Waals surface area (Å²) >= 11 is 0. The molecule has 0 aliphatic rings. The molecule has 2 rings (SSSR count). The van der Waals surface area contributed by atoms with Crippen LogP contribution >= 0.6 is 0 Å². The van der Waals surface area contributed by atoms with E-state index >= 15 is 0 Å². The maximum atomic E-state index is 12.2. The Hall–Kier alpha value is -1.63. The van der Waals surface area contributed by atoms with Crippen molar-refractivity contribution in [1.29, 1.82) is 0 Å². The molecule has 5 nitrogen and oxygen atoms in total. The quantitative estimate of drug-likeness (QED) is 0.832. The minimum Gasteiger partial charge on any atom is -0.395 e. The second-order valence-electron chi connectivity index (χ2n) is 4.70. The Morgan fingerprint density at radius 3 is 2.50 bits per heavy atom. The van der Waals surface area contributed by atoms with Gasteiger partial charge in [-0.3, -0.25) is 0 Å². The van der Waals surface area contributed by atoms with Gasteiger partial charge in [0, 0.05) is 25.5 Å². The van der Waals surface area contributed by atoms with Gasteiger partial charge < -0.3 is 9.67 Å². The second kappa shape index (κ2) is 6.21. The zero-order chi connectivity index (χ0) is 14.6. The van der Waals surface area contributed by atoms with E-state index in [2.05, 4.69) is 4.72 Å². The summed E-state index contributed by atoms with van der Waals surface area (Å²) in [6.07, 6.45) is 3.64. The molecule has 1 heterocycles. The van der Waals surface area contributed by atoms with Crippen LogP contribution in [0.15, 0.2) is 53.7 Å². The van der Waals surface area contributed by atoms with Crippen LogP contribution in [-0.2, 0) is 23.5 Å². The first-order chi connectivity index (χ1) is 9.51. The highest BCUT2D eigenvalue weighted by Gasteiger charge is 2.20. The molecule has 108 valence electrons. The van der Waals surface area contributed by atoms with E-state index in [4.69, 9.17) is 0 Å². The number of sulfonamides is 1. The average Bonchev–Trinajstić information content (AvgIpc) is 2.86. The monoisotopic (exact) mass is 294 g/mol. The van der Waals surface area contributed by atoms with Crippen LogP contribution in [0.25, 0.3) is 0 Å². The summed E-state index contributed by atoms with van der Waals surface area (Å²) in [5, 5.41) is 9.37. The molecule has 1 aromatic carbocycles. The Morgan fingerprint density at radius 1 is 1.25 bits per heavy atom. The number of aliphatic hydroxyl groups excluding tert-OH is 1. The minimum absolute atomic E-state index is 0.200. The summed E-state index contributed by atoms with van der Waals surface area (Å²) in [5.41, 5.74) is 0.974. The highest BCUT2D eigenvalue weighted by molar-refractivity contribution is 7.89. The van der Waals surface area contributed by atoms with Crippen molar-refractivity contribution in [2.24, 2.45) is 7.05 Å². The summed E-state index contributed by atoms with van der Waals surface area (Å²) in [5.74, 6) is 0. The van der Waals surface area contributed by atoms with E-state index in [1.807, 2.05) is 30.3 Å². The molecule has 20 heavy (non-hydrogen) atoms. The number of aliphatic hydroxyl groups is 1. The predicted octanol–water partition coefficient (Wildman–Crippen LogP) is 0.907. The number of hydrogen-bond donors (Lipinski definition) is 2. The van der Waals surface area contributed by atoms with E-state index in [1.54, 1.807) is 17.8 Å². The molecule has 0 saturated heterocycles. The van der Waals surface area contributed by atoms with Crippen molar-refractivity contribution >= 4 is 10.0 Å². The Morgan fingerprint density at radius 2 is 1.95 bits per heavy atom. The van der Waals surface area contributed by atoms with Gasteiger partial charge in [0.15, 0.2) is 0 Å². The summed E-state index contributed by atoms with van der Waals surface area (Å²) in [6, 6.07) is 10.5. The second-order valence-corrected chi connectivity index (χ2v) is 6.42. The van der Waals surface area contributed by atoms with Crippen molar-refractivity contribution in [1.82, 2.24) is 9.29 Å². The van der Waals surface area contributed by atoms with Gasteiger partial charge in [0.05, 0.1) is 11.5 Å². The van der Waals surface area contributed by atoms with Gasteiger partial charge in [-0.25, -0.2) is 13.1 Å². The van der Waals surface area contributed by atoms with E-state index in [-0.39, 0.29) is 11.5 Å². The fraction of sp³-hybridized carbons (Fsp3) is 0.286. The highest BCUT2D eigenvalue weighted by atomic mass is 32.2. The first-order valence-corrected chi connectivity index (χ1v) is 7.78. The van der Waals surface area contributed by atoms with Gasteiger partial charge in [-0.2, -0.15) is 0 Å². The van der Waals surface area contributed by atoms with Crippen molar-refractivity contribution in [2.75, 3.05) is 6.61 Å². The Balaban J connectivity index is 2.10. The van der Waals surface area contributed by atoms with E-state index in [9.17, 15) is 13.5 Å². The first kappa shape index (κ1) is 14.8. The molecule has 0 bridgehead atoms. The molecule has 0 aliphatic carbocycles. The maximum absolute atomic E-state index is 12.2. The summed E-state index contributed by atoms with van der Waals surface area (Å²) in [4.78, 5) is 0.200. The van der Waals surface area contributed by atoms with Gasteiger partial charge in [-0.05, 0) is 18.1 Å². The van der Waals surface area contributed by atoms with Crippen molar-refractivity contribution in [2.45, 2.75) is 17.4 Å². The molecule has 1 unspecified atom stereocenters. The number of rotatable bonds is 6. The van der Waals surface area contributed by atoms with Crippen LogP contribution in [0.3, 0.4) is 0 Å². The van der Waals surface area contributed by atoms with Crippen molar-refractivity contribution < 1.29 is 13.5 Å². The lowest BCUT2D eigenvalue weighted by Crippen LogP contribution is -2.38. The highest BCUT2D eigenvalue weighted by Crippen LogP contribution is 2.11. The van der Waals surface area contributed by atoms with Crippen LogP contribution in [0, 0.1) is 0 Å². The lowest BCUT2D eigenvalue weighted by atomic mass is 10.1. The smallest absolute Gasteiger partial charge is 0.242 e. The Labute approximate surface area is 118 Å². The van der Waals surface area contributed by atoms with Gasteiger partial charge >= 0.3 is 0 Å². The van der Waals surface area contributed by atoms with E-state index < -0.39 is 16.1 Å². The third-order valence-corrected chi connectivity index (χ3v) is 4.49. The number of benzene rings is 1. The zero-order valence-electron chi connectivity index (χ0n) is 11.2.